The molecule has 0 saturated carbocycles. The van der Waals surface area contributed by atoms with Gasteiger partial charge in [0, 0.05) is 6.42 Å². The van der Waals surface area contributed by atoms with Crippen LogP contribution in [0, 0.1) is 6.92 Å². The average Bonchev–Trinajstić information content (AvgIpc) is 2.74. The first kappa shape index (κ1) is 11.5. The van der Waals surface area contributed by atoms with Crippen molar-refractivity contribution >= 4 is 21.4 Å². The topological polar surface area (TPSA) is 17.3 Å². The first-order chi connectivity index (χ1) is 8.74. The van der Waals surface area contributed by atoms with E-state index in [1.165, 1.54) is 11.1 Å². The number of benzene rings is 1. The Balaban J connectivity index is 2.05. The van der Waals surface area contributed by atoms with E-state index in [1.807, 2.05) is 18.3 Å². The van der Waals surface area contributed by atoms with Crippen molar-refractivity contribution in [3.8, 4) is 0 Å². The molecule has 0 saturated heterocycles. The van der Waals surface area contributed by atoms with E-state index >= 15 is 0 Å². The standard InChI is InChI=1S/C15H13BrN2/c1-11-4-2-5-12(8-11)9-15-17-10-13-6-3-7-14(16)18(13)15/h2-8,10H,9H2,1H3. The molecule has 3 heteroatoms. The lowest BCUT2D eigenvalue weighted by molar-refractivity contribution is 0.945. The lowest BCUT2D eigenvalue weighted by Crippen LogP contribution is -1.97. The third-order valence-electron chi connectivity index (χ3n) is 3.02. The maximum atomic E-state index is 4.51. The molecule has 0 aliphatic rings. The van der Waals surface area contributed by atoms with Crippen molar-refractivity contribution in [1.29, 1.82) is 0 Å². The lowest BCUT2D eigenvalue weighted by atomic mass is 10.1. The van der Waals surface area contributed by atoms with Crippen LogP contribution >= 0.6 is 15.9 Å². The predicted octanol–water partition coefficient (Wildman–Crippen LogP) is 4.00. The number of pyridine rings is 1. The summed E-state index contributed by atoms with van der Waals surface area (Å²) in [5.74, 6) is 1.06. The highest BCUT2D eigenvalue weighted by Crippen LogP contribution is 2.18. The fourth-order valence-electron chi connectivity index (χ4n) is 2.20. The zero-order chi connectivity index (χ0) is 12.5. The molecule has 3 rings (SSSR count). The van der Waals surface area contributed by atoms with Crippen LogP contribution in [0.5, 0.6) is 0 Å². The molecule has 0 unspecified atom stereocenters. The Hall–Kier alpha value is -1.61. The van der Waals surface area contributed by atoms with Crippen molar-refractivity contribution in [2.24, 2.45) is 0 Å². The number of nitrogens with zero attached hydrogens (tertiary/aromatic N) is 2. The minimum atomic E-state index is 0.846. The largest absolute Gasteiger partial charge is 0.290 e. The van der Waals surface area contributed by atoms with Gasteiger partial charge in [-0.25, -0.2) is 4.98 Å². The van der Waals surface area contributed by atoms with E-state index in [-0.39, 0.29) is 0 Å². The van der Waals surface area contributed by atoms with Gasteiger partial charge in [-0.2, -0.15) is 0 Å². The zero-order valence-corrected chi connectivity index (χ0v) is 11.7. The monoisotopic (exact) mass is 300 g/mol. The molecular formula is C15H13BrN2. The fraction of sp³-hybridized carbons (Fsp3) is 0.133. The van der Waals surface area contributed by atoms with Crippen molar-refractivity contribution in [3.63, 3.8) is 0 Å². The molecule has 3 aromatic rings. The van der Waals surface area contributed by atoms with Crippen molar-refractivity contribution in [1.82, 2.24) is 9.38 Å². The van der Waals surface area contributed by atoms with Crippen LogP contribution in [0.3, 0.4) is 0 Å². The van der Waals surface area contributed by atoms with Crippen LogP contribution in [-0.4, -0.2) is 9.38 Å². The molecule has 0 bridgehead atoms. The smallest absolute Gasteiger partial charge is 0.118 e. The summed E-state index contributed by atoms with van der Waals surface area (Å²) in [7, 11) is 0. The Kier molecular flexibility index (Phi) is 2.92. The summed E-state index contributed by atoms with van der Waals surface area (Å²) >= 11 is 3.58. The van der Waals surface area contributed by atoms with E-state index in [1.54, 1.807) is 0 Å². The van der Waals surface area contributed by atoms with Crippen molar-refractivity contribution in [2.75, 3.05) is 0 Å². The second-order valence-corrected chi connectivity index (χ2v) is 5.26. The molecule has 2 aromatic heterocycles. The normalized spacial score (nSPS) is 11.0. The molecule has 0 aliphatic carbocycles. The highest BCUT2D eigenvalue weighted by molar-refractivity contribution is 9.10. The van der Waals surface area contributed by atoms with Crippen molar-refractivity contribution < 1.29 is 0 Å². The summed E-state index contributed by atoms with van der Waals surface area (Å²) < 4.78 is 3.18. The van der Waals surface area contributed by atoms with Gasteiger partial charge in [0.05, 0.1) is 16.3 Å². The van der Waals surface area contributed by atoms with Crippen LogP contribution in [0.1, 0.15) is 17.0 Å². The highest BCUT2D eigenvalue weighted by atomic mass is 79.9. The van der Waals surface area contributed by atoms with Gasteiger partial charge >= 0.3 is 0 Å². The second-order valence-electron chi connectivity index (χ2n) is 4.45. The average molecular weight is 301 g/mol. The maximum Gasteiger partial charge on any atom is 0.118 e. The molecule has 2 nitrogen and oxygen atoms in total. The first-order valence-electron chi connectivity index (χ1n) is 5.90. The summed E-state index contributed by atoms with van der Waals surface area (Å²) in [5, 5.41) is 0. The molecule has 2 heterocycles. The fourth-order valence-corrected chi connectivity index (χ4v) is 2.76. The van der Waals surface area contributed by atoms with Gasteiger partial charge in [-0.1, -0.05) is 35.9 Å². The minimum Gasteiger partial charge on any atom is -0.290 e. The lowest BCUT2D eigenvalue weighted by Gasteiger charge is -2.05. The third kappa shape index (κ3) is 2.06. The molecule has 0 N–H and O–H groups in total. The molecule has 0 fully saturated rings. The Bertz CT molecular complexity index is 701. The summed E-state index contributed by atoms with van der Waals surface area (Å²) in [6.07, 6.45) is 2.76. The molecule has 0 radical (unpaired) electrons. The second kappa shape index (κ2) is 4.58. The molecule has 0 atom stereocenters. The summed E-state index contributed by atoms with van der Waals surface area (Å²) in [4.78, 5) is 4.51. The summed E-state index contributed by atoms with van der Waals surface area (Å²) in [6.45, 7) is 2.11. The molecule has 0 spiro atoms. The number of fused-ring (bicyclic) bond motifs is 1. The van der Waals surface area contributed by atoms with Crippen LogP contribution in [-0.2, 0) is 6.42 Å². The van der Waals surface area contributed by atoms with Crippen LogP contribution in [0.2, 0.25) is 0 Å². The van der Waals surface area contributed by atoms with Gasteiger partial charge in [-0.05, 0) is 40.5 Å². The number of hydrogen-bond acceptors (Lipinski definition) is 1. The SMILES string of the molecule is Cc1cccc(Cc2ncc3cccc(Br)n23)c1. The van der Waals surface area contributed by atoms with E-state index in [0.717, 1.165) is 22.4 Å². The summed E-state index contributed by atoms with van der Waals surface area (Å²) in [6, 6.07) is 14.7. The van der Waals surface area contributed by atoms with Crippen LogP contribution in [0.25, 0.3) is 5.52 Å². The molecular weight excluding hydrogens is 288 g/mol. The number of aryl methyl sites for hydroxylation is 1. The highest BCUT2D eigenvalue weighted by Gasteiger charge is 2.06. The van der Waals surface area contributed by atoms with Gasteiger partial charge < -0.3 is 0 Å². The van der Waals surface area contributed by atoms with Gasteiger partial charge in [0.2, 0.25) is 0 Å². The van der Waals surface area contributed by atoms with Crippen LogP contribution < -0.4 is 0 Å². The predicted molar refractivity (Wildman–Crippen MR) is 76.9 cm³/mol. The van der Waals surface area contributed by atoms with Crippen molar-refractivity contribution in [3.05, 3.63) is 70.2 Å². The number of hydrogen-bond donors (Lipinski definition) is 0. The van der Waals surface area contributed by atoms with Gasteiger partial charge in [0.15, 0.2) is 0 Å². The van der Waals surface area contributed by atoms with Gasteiger partial charge in [-0.3, -0.25) is 4.40 Å². The van der Waals surface area contributed by atoms with Crippen LogP contribution in [0.15, 0.2) is 53.3 Å². The Morgan fingerprint density at radius 1 is 1.17 bits per heavy atom. The van der Waals surface area contributed by atoms with E-state index in [9.17, 15) is 0 Å². The molecule has 0 aliphatic heterocycles. The maximum absolute atomic E-state index is 4.51. The molecule has 18 heavy (non-hydrogen) atoms. The Morgan fingerprint density at radius 3 is 2.83 bits per heavy atom. The number of imidazole rings is 1. The Morgan fingerprint density at radius 2 is 2.00 bits per heavy atom. The van der Waals surface area contributed by atoms with Crippen molar-refractivity contribution in [2.45, 2.75) is 13.3 Å². The van der Waals surface area contributed by atoms with Gasteiger partial charge in [0.25, 0.3) is 0 Å². The molecule has 1 aromatic carbocycles. The van der Waals surface area contributed by atoms with Crippen LogP contribution in [0.4, 0.5) is 0 Å². The molecule has 0 amide bonds. The first-order valence-corrected chi connectivity index (χ1v) is 6.70. The van der Waals surface area contributed by atoms with E-state index in [0.29, 0.717) is 0 Å². The number of halogens is 1. The third-order valence-corrected chi connectivity index (χ3v) is 3.64. The quantitative estimate of drug-likeness (QED) is 0.654. The van der Waals surface area contributed by atoms with E-state index < -0.39 is 0 Å². The minimum absolute atomic E-state index is 0.846. The number of rotatable bonds is 2. The molecule has 90 valence electrons. The van der Waals surface area contributed by atoms with E-state index in [4.69, 9.17) is 0 Å². The summed E-state index contributed by atoms with van der Waals surface area (Å²) in [5.41, 5.74) is 3.69. The number of aromatic nitrogens is 2. The Labute approximate surface area is 114 Å². The van der Waals surface area contributed by atoms with Gasteiger partial charge in [0.1, 0.15) is 5.82 Å². The zero-order valence-electron chi connectivity index (χ0n) is 10.1. The van der Waals surface area contributed by atoms with Gasteiger partial charge in [-0.15, -0.1) is 0 Å². The van der Waals surface area contributed by atoms with E-state index in [2.05, 4.69) is 62.6 Å².